The summed E-state index contributed by atoms with van der Waals surface area (Å²) in [6, 6.07) is 16.5. The Kier molecular flexibility index (Phi) is 3.13. The molecule has 2 aromatic rings. The molecule has 0 spiro atoms. The Labute approximate surface area is 98.2 Å². The third-order valence-corrected chi connectivity index (χ3v) is 3.03. The molecule has 0 bridgehead atoms. The van der Waals surface area contributed by atoms with Crippen molar-refractivity contribution >= 4 is 11.8 Å². The predicted octanol–water partition coefficient (Wildman–Crippen LogP) is 3.42. The molecule has 0 atom stereocenters. The van der Waals surface area contributed by atoms with Gasteiger partial charge in [-0.25, -0.2) is 0 Å². The van der Waals surface area contributed by atoms with E-state index in [1.54, 1.807) is 42.1 Å². The lowest BCUT2D eigenvalue weighted by Crippen LogP contribution is -1.76. The zero-order valence-electron chi connectivity index (χ0n) is 8.42. The maximum absolute atomic E-state index is 9.32. The predicted molar refractivity (Wildman–Crippen MR) is 63.4 cm³/mol. The second-order valence-electron chi connectivity index (χ2n) is 3.24. The Hall–Kier alpha value is -1.92. The van der Waals surface area contributed by atoms with Crippen molar-refractivity contribution in [1.82, 2.24) is 0 Å². The largest absolute Gasteiger partial charge is 0.508 e. The molecule has 0 aliphatic heterocycles. The molecule has 0 amide bonds. The monoisotopic (exact) mass is 227 g/mol. The molecule has 0 unspecified atom stereocenters. The minimum Gasteiger partial charge on any atom is -0.508 e. The van der Waals surface area contributed by atoms with Gasteiger partial charge in [-0.05, 0) is 42.5 Å². The Bertz CT molecular complexity index is 528. The number of phenols is 1. The highest BCUT2D eigenvalue weighted by atomic mass is 32.2. The summed E-state index contributed by atoms with van der Waals surface area (Å²) >= 11 is 1.55. The highest BCUT2D eigenvalue weighted by Gasteiger charge is 1.98. The van der Waals surface area contributed by atoms with Crippen LogP contribution >= 0.6 is 11.8 Å². The second-order valence-corrected chi connectivity index (χ2v) is 4.38. The number of nitrogens with zero attached hydrogens (tertiary/aromatic N) is 1. The van der Waals surface area contributed by atoms with Crippen molar-refractivity contribution < 1.29 is 5.11 Å². The molecule has 16 heavy (non-hydrogen) atoms. The molecule has 0 saturated carbocycles. The topological polar surface area (TPSA) is 44.0 Å². The fourth-order valence-electron chi connectivity index (χ4n) is 1.28. The molecule has 0 heterocycles. The van der Waals surface area contributed by atoms with Crippen molar-refractivity contribution in [3.8, 4) is 11.8 Å². The van der Waals surface area contributed by atoms with Gasteiger partial charge in [-0.15, -0.1) is 0 Å². The number of hydrogen-bond acceptors (Lipinski definition) is 3. The van der Waals surface area contributed by atoms with Crippen LogP contribution in [0.25, 0.3) is 0 Å². The Morgan fingerprint density at radius 2 is 1.75 bits per heavy atom. The van der Waals surface area contributed by atoms with Gasteiger partial charge >= 0.3 is 0 Å². The van der Waals surface area contributed by atoms with Crippen LogP contribution in [-0.4, -0.2) is 5.11 Å². The molecule has 0 radical (unpaired) electrons. The maximum atomic E-state index is 9.32. The normalized spacial score (nSPS) is 9.69. The first-order valence-corrected chi connectivity index (χ1v) is 5.56. The first kappa shape index (κ1) is 10.6. The molecule has 0 fully saturated rings. The summed E-state index contributed by atoms with van der Waals surface area (Å²) < 4.78 is 0. The minimum absolute atomic E-state index is 0.263. The van der Waals surface area contributed by atoms with Crippen LogP contribution in [0, 0.1) is 11.3 Å². The third kappa shape index (κ3) is 2.56. The molecule has 0 aliphatic carbocycles. The maximum Gasteiger partial charge on any atom is 0.116 e. The molecule has 0 aliphatic rings. The zero-order chi connectivity index (χ0) is 11.4. The fraction of sp³-hybridized carbons (Fsp3) is 0. The van der Waals surface area contributed by atoms with E-state index in [1.165, 1.54) is 0 Å². The van der Waals surface area contributed by atoms with Crippen LogP contribution in [0.5, 0.6) is 5.75 Å². The zero-order valence-corrected chi connectivity index (χ0v) is 9.24. The average Bonchev–Trinajstić information content (AvgIpc) is 2.30. The summed E-state index contributed by atoms with van der Waals surface area (Å²) in [6.45, 7) is 0. The van der Waals surface area contributed by atoms with Crippen molar-refractivity contribution in [1.29, 1.82) is 5.26 Å². The number of phenolic OH excluding ortho intramolecular Hbond substituents is 1. The van der Waals surface area contributed by atoms with Crippen molar-refractivity contribution in [2.24, 2.45) is 0 Å². The van der Waals surface area contributed by atoms with Gasteiger partial charge in [0.25, 0.3) is 0 Å². The molecule has 2 rings (SSSR count). The van der Waals surface area contributed by atoms with E-state index >= 15 is 0 Å². The van der Waals surface area contributed by atoms with Gasteiger partial charge in [-0.3, -0.25) is 0 Å². The average molecular weight is 227 g/mol. The van der Waals surface area contributed by atoms with Gasteiger partial charge in [-0.2, -0.15) is 5.26 Å². The van der Waals surface area contributed by atoms with Gasteiger partial charge in [0.1, 0.15) is 5.75 Å². The number of aromatic hydroxyl groups is 1. The summed E-state index contributed by atoms with van der Waals surface area (Å²) in [5.74, 6) is 0.263. The minimum atomic E-state index is 0.263. The van der Waals surface area contributed by atoms with Crippen LogP contribution in [0.4, 0.5) is 0 Å². The third-order valence-electron chi connectivity index (χ3n) is 2.04. The van der Waals surface area contributed by atoms with Crippen LogP contribution in [0.3, 0.4) is 0 Å². The first-order valence-electron chi connectivity index (χ1n) is 4.75. The molecule has 78 valence electrons. The Morgan fingerprint density at radius 3 is 2.38 bits per heavy atom. The smallest absolute Gasteiger partial charge is 0.116 e. The summed E-state index contributed by atoms with van der Waals surface area (Å²) in [7, 11) is 0. The molecule has 1 N–H and O–H groups in total. The summed E-state index contributed by atoms with van der Waals surface area (Å²) in [4.78, 5) is 2.02. The molecule has 0 aromatic heterocycles. The second kappa shape index (κ2) is 4.73. The Balaban J connectivity index is 2.18. The van der Waals surface area contributed by atoms with Crippen molar-refractivity contribution in [2.75, 3.05) is 0 Å². The van der Waals surface area contributed by atoms with Crippen LogP contribution in [0.15, 0.2) is 58.3 Å². The summed E-state index contributed by atoms with van der Waals surface area (Å²) in [6.07, 6.45) is 0. The molecular formula is C13H9NOS. The molecule has 2 nitrogen and oxygen atoms in total. The van der Waals surface area contributed by atoms with E-state index in [-0.39, 0.29) is 5.75 Å². The lowest BCUT2D eigenvalue weighted by molar-refractivity contribution is 0.474. The quantitative estimate of drug-likeness (QED) is 0.855. The van der Waals surface area contributed by atoms with Gasteiger partial charge in [0.2, 0.25) is 0 Å². The van der Waals surface area contributed by atoms with E-state index in [1.807, 2.05) is 18.2 Å². The number of benzene rings is 2. The van der Waals surface area contributed by atoms with Crippen molar-refractivity contribution in [2.45, 2.75) is 9.79 Å². The van der Waals surface area contributed by atoms with E-state index in [2.05, 4.69) is 6.07 Å². The lowest BCUT2D eigenvalue weighted by Gasteiger charge is -2.01. The van der Waals surface area contributed by atoms with Gasteiger partial charge in [-0.1, -0.05) is 17.8 Å². The van der Waals surface area contributed by atoms with Gasteiger partial charge in [0, 0.05) is 9.79 Å². The van der Waals surface area contributed by atoms with Crippen LogP contribution in [-0.2, 0) is 0 Å². The summed E-state index contributed by atoms with van der Waals surface area (Å²) in [5, 5.41) is 18.0. The number of hydrogen-bond donors (Lipinski definition) is 1. The highest BCUT2D eigenvalue weighted by Crippen LogP contribution is 2.29. The Morgan fingerprint density at radius 1 is 1.00 bits per heavy atom. The molecule has 2 aromatic carbocycles. The molecular weight excluding hydrogens is 218 g/mol. The summed E-state index contributed by atoms with van der Waals surface area (Å²) in [5.41, 5.74) is 0.653. The fourth-order valence-corrected chi connectivity index (χ4v) is 2.15. The van der Waals surface area contributed by atoms with Crippen molar-refractivity contribution in [3.63, 3.8) is 0 Å². The van der Waals surface area contributed by atoms with E-state index in [0.717, 1.165) is 9.79 Å². The number of nitriles is 1. The van der Waals surface area contributed by atoms with Crippen LogP contribution in [0.1, 0.15) is 5.56 Å². The van der Waals surface area contributed by atoms with Gasteiger partial charge < -0.3 is 5.11 Å². The molecule has 3 heteroatoms. The van der Waals surface area contributed by atoms with Crippen LogP contribution < -0.4 is 0 Å². The van der Waals surface area contributed by atoms with E-state index in [4.69, 9.17) is 5.26 Å². The first-order chi connectivity index (χ1) is 7.78. The molecule has 0 saturated heterocycles. The number of rotatable bonds is 2. The lowest BCUT2D eigenvalue weighted by atomic mass is 10.2. The van der Waals surface area contributed by atoms with Gasteiger partial charge in [0.15, 0.2) is 0 Å². The SMILES string of the molecule is N#Cc1ccc(Sc2cccc(O)c2)cc1. The van der Waals surface area contributed by atoms with Crippen molar-refractivity contribution in [3.05, 3.63) is 54.1 Å². The van der Waals surface area contributed by atoms with E-state index < -0.39 is 0 Å². The standard InChI is InChI=1S/C13H9NOS/c14-9-10-4-6-12(7-5-10)16-13-3-1-2-11(15)8-13/h1-8,15H. The highest BCUT2D eigenvalue weighted by molar-refractivity contribution is 7.99. The van der Waals surface area contributed by atoms with Gasteiger partial charge in [0.05, 0.1) is 11.6 Å². The van der Waals surface area contributed by atoms with Crippen LogP contribution in [0.2, 0.25) is 0 Å². The van der Waals surface area contributed by atoms with E-state index in [0.29, 0.717) is 5.56 Å². The van der Waals surface area contributed by atoms with E-state index in [9.17, 15) is 5.11 Å².